The Kier molecular flexibility index (Phi) is 4.62. The highest BCUT2D eigenvalue weighted by Crippen LogP contribution is 2.27. The summed E-state index contributed by atoms with van der Waals surface area (Å²) >= 11 is 0. The second-order valence-corrected chi connectivity index (χ2v) is 5.74. The van der Waals surface area contributed by atoms with Gasteiger partial charge in [-0.05, 0) is 12.1 Å². The molecule has 0 radical (unpaired) electrons. The number of aryl methyl sites for hydroxylation is 1. The van der Waals surface area contributed by atoms with Crippen LogP contribution in [0.4, 0.5) is 0 Å². The molecule has 1 aromatic carbocycles. The molecule has 0 spiro atoms. The van der Waals surface area contributed by atoms with Crippen LogP contribution in [0.3, 0.4) is 0 Å². The van der Waals surface area contributed by atoms with Crippen molar-refractivity contribution in [3.05, 3.63) is 47.8 Å². The van der Waals surface area contributed by atoms with Crippen molar-refractivity contribution >= 4 is 5.91 Å². The Hall–Kier alpha value is -2.34. The van der Waals surface area contributed by atoms with Gasteiger partial charge in [-0.3, -0.25) is 9.48 Å². The Balaban J connectivity index is 1.67. The molecular formula is C17H21N3O3. The van der Waals surface area contributed by atoms with E-state index in [9.17, 15) is 4.79 Å². The van der Waals surface area contributed by atoms with Crippen molar-refractivity contribution in [2.45, 2.75) is 12.5 Å². The summed E-state index contributed by atoms with van der Waals surface area (Å²) in [5, 5.41) is 4.51. The predicted molar refractivity (Wildman–Crippen MR) is 85.2 cm³/mol. The number of rotatable bonds is 5. The van der Waals surface area contributed by atoms with Crippen LogP contribution in [0.1, 0.15) is 17.2 Å². The zero-order valence-corrected chi connectivity index (χ0v) is 13.4. The molecule has 1 aliphatic heterocycles. The van der Waals surface area contributed by atoms with Gasteiger partial charge in [-0.15, -0.1) is 0 Å². The molecule has 0 bridgehead atoms. The van der Waals surface area contributed by atoms with Gasteiger partial charge < -0.3 is 14.4 Å². The Bertz CT molecular complexity index is 669. The highest BCUT2D eigenvalue weighted by atomic mass is 16.5. The molecule has 0 fully saturated rings. The number of nitrogens with zero attached hydrogens (tertiary/aromatic N) is 3. The molecule has 6 heteroatoms. The Morgan fingerprint density at radius 3 is 2.87 bits per heavy atom. The fourth-order valence-electron chi connectivity index (χ4n) is 2.92. The van der Waals surface area contributed by atoms with Gasteiger partial charge in [0, 0.05) is 44.9 Å². The van der Waals surface area contributed by atoms with Crippen LogP contribution in [0.5, 0.6) is 5.75 Å². The number of fused-ring (bicyclic) bond motifs is 1. The topological polar surface area (TPSA) is 56.6 Å². The first kappa shape index (κ1) is 15.6. The summed E-state index contributed by atoms with van der Waals surface area (Å²) in [6.07, 6.45) is 1.97. The van der Waals surface area contributed by atoms with Gasteiger partial charge in [0.1, 0.15) is 5.75 Å². The summed E-state index contributed by atoms with van der Waals surface area (Å²) in [6, 6.07) is 9.37. The standard InChI is InChI=1S/C17H21N3O3/c1-19-8-13-9-20(10-14(11-22-2)17(13)18-19)16(21)12-23-15-6-4-3-5-7-15/h3-8,14H,9-12H2,1-2H3. The molecule has 3 rings (SSSR count). The molecule has 1 unspecified atom stereocenters. The molecule has 122 valence electrons. The number of amides is 1. The van der Waals surface area contributed by atoms with Crippen LogP contribution >= 0.6 is 0 Å². The Labute approximate surface area is 135 Å². The molecule has 2 heterocycles. The summed E-state index contributed by atoms with van der Waals surface area (Å²) in [5.74, 6) is 0.781. The van der Waals surface area contributed by atoms with Gasteiger partial charge in [0.2, 0.25) is 0 Å². The van der Waals surface area contributed by atoms with Crippen LogP contribution in [-0.2, 0) is 23.1 Å². The molecule has 6 nitrogen and oxygen atoms in total. The zero-order valence-electron chi connectivity index (χ0n) is 13.4. The average Bonchev–Trinajstić information content (AvgIpc) is 2.94. The van der Waals surface area contributed by atoms with Crippen LogP contribution < -0.4 is 4.74 Å². The highest BCUT2D eigenvalue weighted by Gasteiger charge is 2.30. The SMILES string of the molecule is COCC1CN(C(=O)COc2ccccc2)Cc2cn(C)nc21. The van der Waals surface area contributed by atoms with Crippen LogP contribution in [-0.4, -0.2) is 47.5 Å². The van der Waals surface area contributed by atoms with E-state index in [0.717, 1.165) is 11.3 Å². The quantitative estimate of drug-likeness (QED) is 0.840. The lowest BCUT2D eigenvalue weighted by atomic mass is 9.97. The minimum Gasteiger partial charge on any atom is -0.484 e. The first-order chi connectivity index (χ1) is 11.2. The molecule has 2 aromatic rings. The van der Waals surface area contributed by atoms with Crippen molar-refractivity contribution in [2.24, 2.45) is 7.05 Å². The first-order valence-electron chi connectivity index (χ1n) is 7.64. The number of carbonyl (C=O) groups excluding carboxylic acids is 1. The number of aromatic nitrogens is 2. The second-order valence-electron chi connectivity index (χ2n) is 5.74. The summed E-state index contributed by atoms with van der Waals surface area (Å²) < 4.78 is 12.6. The fraction of sp³-hybridized carbons (Fsp3) is 0.412. The first-order valence-corrected chi connectivity index (χ1v) is 7.64. The minimum atomic E-state index is -0.0236. The van der Waals surface area contributed by atoms with E-state index in [1.807, 2.05) is 48.5 Å². The van der Waals surface area contributed by atoms with Crippen molar-refractivity contribution in [2.75, 3.05) is 26.9 Å². The zero-order chi connectivity index (χ0) is 16.2. The third kappa shape index (κ3) is 3.53. The molecule has 0 saturated heterocycles. The molecule has 1 amide bonds. The number of carbonyl (C=O) groups is 1. The maximum Gasteiger partial charge on any atom is 0.260 e. The van der Waals surface area contributed by atoms with Crippen LogP contribution in [0.25, 0.3) is 0 Å². The molecule has 0 saturated carbocycles. The van der Waals surface area contributed by atoms with Crippen molar-refractivity contribution in [1.82, 2.24) is 14.7 Å². The lowest BCUT2D eigenvalue weighted by Gasteiger charge is -2.31. The fourth-order valence-corrected chi connectivity index (χ4v) is 2.92. The third-order valence-corrected chi connectivity index (χ3v) is 3.95. The lowest BCUT2D eigenvalue weighted by Crippen LogP contribution is -2.41. The van der Waals surface area contributed by atoms with Crippen LogP contribution in [0.15, 0.2) is 36.5 Å². The number of methoxy groups -OCH3 is 1. The smallest absolute Gasteiger partial charge is 0.260 e. The van der Waals surface area contributed by atoms with Crippen molar-refractivity contribution in [3.63, 3.8) is 0 Å². The van der Waals surface area contributed by atoms with E-state index in [4.69, 9.17) is 9.47 Å². The molecule has 1 aromatic heterocycles. The van der Waals surface area contributed by atoms with Crippen LogP contribution in [0.2, 0.25) is 0 Å². The number of para-hydroxylation sites is 1. The number of benzene rings is 1. The van der Waals surface area contributed by atoms with E-state index in [-0.39, 0.29) is 18.4 Å². The van der Waals surface area contributed by atoms with E-state index >= 15 is 0 Å². The molecule has 1 atom stereocenters. The maximum absolute atomic E-state index is 12.5. The van der Waals surface area contributed by atoms with Gasteiger partial charge in [-0.1, -0.05) is 18.2 Å². The third-order valence-electron chi connectivity index (χ3n) is 3.95. The van der Waals surface area contributed by atoms with Gasteiger partial charge in [0.05, 0.1) is 12.3 Å². The number of ether oxygens (including phenoxy) is 2. The van der Waals surface area contributed by atoms with Gasteiger partial charge >= 0.3 is 0 Å². The van der Waals surface area contributed by atoms with Gasteiger partial charge in [0.25, 0.3) is 5.91 Å². The van der Waals surface area contributed by atoms with E-state index in [0.29, 0.717) is 25.4 Å². The normalized spacial score (nSPS) is 17.0. The molecule has 1 aliphatic rings. The maximum atomic E-state index is 12.5. The van der Waals surface area contributed by atoms with Gasteiger partial charge in [0.15, 0.2) is 6.61 Å². The monoisotopic (exact) mass is 315 g/mol. The number of hydrogen-bond donors (Lipinski definition) is 0. The largest absolute Gasteiger partial charge is 0.484 e. The second kappa shape index (κ2) is 6.83. The molecule has 23 heavy (non-hydrogen) atoms. The summed E-state index contributed by atoms with van der Waals surface area (Å²) in [4.78, 5) is 14.3. The molecular weight excluding hydrogens is 294 g/mol. The van der Waals surface area contributed by atoms with Gasteiger partial charge in [-0.2, -0.15) is 5.10 Å². The lowest BCUT2D eigenvalue weighted by molar-refractivity contribution is -0.134. The van der Waals surface area contributed by atoms with Crippen molar-refractivity contribution in [1.29, 1.82) is 0 Å². The summed E-state index contributed by atoms with van der Waals surface area (Å²) in [6.45, 7) is 1.77. The Morgan fingerprint density at radius 2 is 2.13 bits per heavy atom. The minimum absolute atomic E-state index is 0.0236. The Morgan fingerprint density at radius 1 is 1.35 bits per heavy atom. The average molecular weight is 315 g/mol. The summed E-state index contributed by atoms with van der Waals surface area (Å²) in [7, 11) is 3.56. The predicted octanol–water partition coefficient (Wildman–Crippen LogP) is 1.57. The van der Waals surface area contributed by atoms with Crippen molar-refractivity contribution < 1.29 is 14.3 Å². The van der Waals surface area contributed by atoms with Crippen molar-refractivity contribution in [3.8, 4) is 5.75 Å². The highest BCUT2D eigenvalue weighted by molar-refractivity contribution is 5.78. The summed E-state index contributed by atoms with van der Waals surface area (Å²) in [5.41, 5.74) is 2.11. The van der Waals surface area contributed by atoms with E-state index in [1.54, 1.807) is 11.8 Å². The molecule has 0 N–H and O–H groups in total. The van der Waals surface area contributed by atoms with Crippen LogP contribution in [0, 0.1) is 0 Å². The molecule has 0 aliphatic carbocycles. The number of hydrogen-bond acceptors (Lipinski definition) is 4. The van der Waals surface area contributed by atoms with E-state index in [1.165, 1.54) is 0 Å². The van der Waals surface area contributed by atoms with E-state index in [2.05, 4.69) is 5.10 Å². The van der Waals surface area contributed by atoms with Gasteiger partial charge in [-0.25, -0.2) is 0 Å². The van der Waals surface area contributed by atoms with E-state index < -0.39 is 0 Å².